The molecule has 0 heterocycles. The van der Waals surface area contributed by atoms with Crippen molar-refractivity contribution >= 4 is 0 Å². The van der Waals surface area contributed by atoms with Gasteiger partial charge in [0.15, 0.2) is 11.5 Å². The number of aromatic hydroxyl groups is 1. The molecule has 0 aliphatic heterocycles. The predicted molar refractivity (Wildman–Crippen MR) is 45.9 cm³/mol. The lowest BCUT2D eigenvalue weighted by Crippen LogP contribution is -1.89. The number of aryl methyl sites for hydroxylation is 1. The summed E-state index contributed by atoms with van der Waals surface area (Å²) in [7, 11) is 3.08. The fourth-order valence-electron chi connectivity index (χ4n) is 0.989. The van der Waals surface area contributed by atoms with Crippen LogP contribution in [0.2, 0.25) is 0 Å². The van der Waals surface area contributed by atoms with Gasteiger partial charge < -0.3 is 14.6 Å². The topological polar surface area (TPSA) is 38.7 Å². The summed E-state index contributed by atoms with van der Waals surface area (Å²) in [6.07, 6.45) is 0. The maximum absolute atomic E-state index is 9.44. The standard InChI is InChI=1S/C9H12O3/c1-6-4-7(11-2)5-8(12-3)9(6)10/h4-5,10H,1-3H3. The van der Waals surface area contributed by atoms with Gasteiger partial charge in [-0.05, 0) is 18.6 Å². The van der Waals surface area contributed by atoms with Crippen molar-refractivity contribution in [2.75, 3.05) is 14.2 Å². The van der Waals surface area contributed by atoms with Gasteiger partial charge in [-0.15, -0.1) is 0 Å². The molecule has 0 fully saturated rings. The first-order valence-electron chi connectivity index (χ1n) is 3.60. The molecule has 3 heteroatoms. The fourth-order valence-corrected chi connectivity index (χ4v) is 0.989. The van der Waals surface area contributed by atoms with Crippen molar-refractivity contribution in [2.24, 2.45) is 0 Å². The van der Waals surface area contributed by atoms with Crippen LogP contribution in [0.5, 0.6) is 17.2 Å². The van der Waals surface area contributed by atoms with Gasteiger partial charge in [-0.25, -0.2) is 0 Å². The monoisotopic (exact) mass is 168 g/mol. The summed E-state index contributed by atoms with van der Waals surface area (Å²) < 4.78 is 9.94. The summed E-state index contributed by atoms with van der Waals surface area (Å²) in [5.74, 6) is 1.28. The molecule has 3 nitrogen and oxygen atoms in total. The first-order valence-corrected chi connectivity index (χ1v) is 3.60. The third-order valence-electron chi connectivity index (χ3n) is 1.69. The van der Waals surface area contributed by atoms with Gasteiger partial charge in [-0.3, -0.25) is 0 Å². The molecule has 0 atom stereocenters. The quantitative estimate of drug-likeness (QED) is 0.730. The molecule has 1 aromatic rings. The van der Waals surface area contributed by atoms with Crippen molar-refractivity contribution in [2.45, 2.75) is 6.92 Å². The summed E-state index contributed by atoms with van der Waals surface area (Å²) in [5.41, 5.74) is 0.742. The smallest absolute Gasteiger partial charge is 0.164 e. The molecular formula is C9H12O3. The normalized spacial score (nSPS) is 9.58. The Kier molecular flexibility index (Phi) is 2.43. The predicted octanol–water partition coefficient (Wildman–Crippen LogP) is 1.72. The summed E-state index contributed by atoms with van der Waals surface area (Å²) in [5, 5.41) is 9.44. The van der Waals surface area contributed by atoms with E-state index >= 15 is 0 Å². The Morgan fingerprint density at radius 2 is 1.83 bits per heavy atom. The zero-order valence-corrected chi connectivity index (χ0v) is 7.42. The number of hydrogen-bond acceptors (Lipinski definition) is 3. The second-order valence-electron chi connectivity index (χ2n) is 2.50. The molecule has 1 rings (SSSR count). The highest BCUT2D eigenvalue weighted by atomic mass is 16.5. The molecule has 1 N–H and O–H groups in total. The Morgan fingerprint density at radius 1 is 1.17 bits per heavy atom. The summed E-state index contributed by atoms with van der Waals surface area (Å²) >= 11 is 0. The van der Waals surface area contributed by atoms with Crippen LogP contribution in [0.3, 0.4) is 0 Å². The molecule has 0 spiro atoms. The van der Waals surface area contributed by atoms with Crippen molar-refractivity contribution in [1.82, 2.24) is 0 Å². The highest BCUT2D eigenvalue weighted by Gasteiger charge is 2.06. The van der Waals surface area contributed by atoms with Crippen LogP contribution >= 0.6 is 0 Å². The van der Waals surface area contributed by atoms with Gasteiger partial charge in [0.2, 0.25) is 0 Å². The highest BCUT2D eigenvalue weighted by Crippen LogP contribution is 2.33. The number of ether oxygens (including phenoxy) is 2. The average Bonchev–Trinajstić information content (AvgIpc) is 2.09. The van der Waals surface area contributed by atoms with Gasteiger partial charge in [0.25, 0.3) is 0 Å². The van der Waals surface area contributed by atoms with E-state index in [0.29, 0.717) is 11.5 Å². The molecule has 0 aliphatic carbocycles. The maximum Gasteiger partial charge on any atom is 0.164 e. The highest BCUT2D eigenvalue weighted by molar-refractivity contribution is 5.50. The molecule has 66 valence electrons. The molecule has 0 saturated heterocycles. The number of methoxy groups -OCH3 is 2. The van der Waals surface area contributed by atoms with Gasteiger partial charge in [-0.1, -0.05) is 0 Å². The van der Waals surface area contributed by atoms with E-state index in [0.717, 1.165) is 5.56 Å². The molecule has 0 amide bonds. The molecule has 0 bridgehead atoms. The van der Waals surface area contributed by atoms with E-state index in [2.05, 4.69) is 0 Å². The van der Waals surface area contributed by atoms with Crippen LogP contribution < -0.4 is 9.47 Å². The number of hydrogen-bond donors (Lipinski definition) is 1. The zero-order valence-electron chi connectivity index (χ0n) is 7.42. The van der Waals surface area contributed by atoms with Crippen molar-refractivity contribution in [3.8, 4) is 17.2 Å². The van der Waals surface area contributed by atoms with Crippen LogP contribution in [-0.4, -0.2) is 19.3 Å². The van der Waals surface area contributed by atoms with E-state index in [4.69, 9.17) is 9.47 Å². The molecule has 0 saturated carbocycles. The summed E-state index contributed by atoms with van der Waals surface area (Å²) in [4.78, 5) is 0. The average molecular weight is 168 g/mol. The molecule has 12 heavy (non-hydrogen) atoms. The lowest BCUT2D eigenvalue weighted by atomic mass is 10.2. The van der Waals surface area contributed by atoms with E-state index in [-0.39, 0.29) is 5.75 Å². The molecule has 0 radical (unpaired) electrons. The summed E-state index contributed by atoms with van der Waals surface area (Å²) in [6, 6.07) is 3.39. The Bertz CT molecular complexity index is 281. The van der Waals surface area contributed by atoms with E-state index < -0.39 is 0 Å². The van der Waals surface area contributed by atoms with Crippen LogP contribution in [0.4, 0.5) is 0 Å². The second kappa shape index (κ2) is 3.34. The van der Waals surface area contributed by atoms with Crippen LogP contribution in [0.15, 0.2) is 12.1 Å². The largest absolute Gasteiger partial charge is 0.504 e. The lowest BCUT2D eigenvalue weighted by molar-refractivity contribution is 0.362. The lowest BCUT2D eigenvalue weighted by Gasteiger charge is -2.08. The number of phenols is 1. The second-order valence-corrected chi connectivity index (χ2v) is 2.50. The Hall–Kier alpha value is -1.38. The molecule has 0 aliphatic rings. The Morgan fingerprint density at radius 3 is 2.33 bits per heavy atom. The van der Waals surface area contributed by atoms with Gasteiger partial charge in [-0.2, -0.15) is 0 Å². The van der Waals surface area contributed by atoms with Gasteiger partial charge >= 0.3 is 0 Å². The van der Waals surface area contributed by atoms with Crippen molar-refractivity contribution in [3.05, 3.63) is 17.7 Å². The van der Waals surface area contributed by atoms with Crippen LogP contribution in [0.1, 0.15) is 5.56 Å². The third kappa shape index (κ3) is 1.44. The van der Waals surface area contributed by atoms with Crippen molar-refractivity contribution < 1.29 is 14.6 Å². The van der Waals surface area contributed by atoms with Gasteiger partial charge in [0, 0.05) is 6.07 Å². The van der Waals surface area contributed by atoms with Crippen molar-refractivity contribution in [1.29, 1.82) is 0 Å². The zero-order chi connectivity index (χ0) is 9.14. The van der Waals surface area contributed by atoms with Crippen LogP contribution in [-0.2, 0) is 0 Å². The minimum absolute atomic E-state index is 0.165. The molecule has 0 unspecified atom stereocenters. The van der Waals surface area contributed by atoms with Gasteiger partial charge in [0.05, 0.1) is 14.2 Å². The Balaban J connectivity index is 3.19. The first-order chi connectivity index (χ1) is 5.69. The van der Waals surface area contributed by atoms with E-state index in [1.165, 1.54) is 7.11 Å². The third-order valence-corrected chi connectivity index (χ3v) is 1.69. The molecule has 0 aromatic heterocycles. The first kappa shape index (κ1) is 8.71. The molecular weight excluding hydrogens is 156 g/mol. The fraction of sp³-hybridized carbons (Fsp3) is 0.333. The van der Waals surface area contributed by atoms with E-state index in [1.807, 2.05) is 0 Å². The SMILES string of the molecule is COc1cc(C)c(O)c(OC)c1. The van der Waals surface area contributed by atoms with E-state index in [1.54, 1.807) is 26.2 Å². The minimum Gasteiger partial charge on any atom is -0.504 e. The number of phenolic OH excluding ortho intramolecular Hbond substituents is 1. The van der Waals surface area contributed by atoms with Crippen molar-refractivity contribution in [3.63, 3.8) is 0 Å². The Labute approximate surface area is 71.5 Å². The summed E-state index contributed by atoms with van der Waals surface area (Å²) in [6.45, 7) is 1.79. The van der Waals surface area contributed by atoms with Crippen LogP contribution in [0, 0.1) is 6.92 Å². The van der Waals surface area contributed by atoms with Crippen LogP contribution in [0.25, 0.3) is 0 Å². The minimum atomic E-state index is 0.165. The number of rotatable bonds is 2. The number of benzene rings is 1. The molecule has 1 aromatic carbocycles. The van der Waals surface area contributed by atoms with E-state index in [9.17, 15) is 5.11 Å². The maximum atomic E-state index is 9.44. The van der Waals surface area contributed by atoms with Gasteiger partial charge in [0.1, 0.15) is 5.75 Å².